The summed E-state index contributed by atoms with van der Waals surface area (Å²) in [6.45, 7) is 9.41. The summed E-state index contributed by atoms with van der Waals surface area (Å²) in [4.78, 5) is 19.4. The molecule has 2 heterocycles. The molecule has 1 aromatic rings. The van der Waals surface area contributed by atoms with Crippen molar-refractivity contribution in [1.82, 2.24) is 20.0 Å². The average Bonchev–Trinajstić information content (AvgIpc) is 2.63. The standard InChI is InChI=1S/C20H32N4O/c1-17-15-22(2)12-13-24(17)16-19-8-10-23(11-9-19)20(25)21-14-18-6-4-3-5-7-18/h3-7,17,19H,8-16H2,1-2H3,(H,21,25)/t17-/m1/s1. The van der Waals surface area contributed by atoms with Gasteiger partial charge in [-0.05, 0) is 38.3 Å². The zero-order chi connectivity index (χ0) is 17.6. The number of amides is 2. The Morgan fingerprint density at radius 1 is 1.12 bits per heavy atom. The van der Waals surface area contributed by atoms with E-state index >= 15 is 0 Å². The SMILES string of the molecule is C[C@@H]1CN(C)CCN1CC1CCN(C(=O)NCc2ccccc2)CC1. The third-order valence-electron chi connectivity index (χ3n) is 5.65. The molecule has 3 rings (SSSR count). The Morgan fingerprint density at radius 2 is 1.84 bits per heavy atom. The summed E-state index contributed by atoms with van der Waals surface area (Å²) >= 11 is 0. The normalized spacial score (nSPS) is 23.6. The second-order valence-corrected chi connectivity index (χ2v) is 7.68. The lowest BCUT2D eigenvalue weighted by atomic mass is 9.95. The van der Waals surface area contributed by atoms with E-state index in [4.69, 9.17) is 0 Å². The van der Waals surface area contributed by atoms with Gasteiger partial charge in [-0.25, -0.2) is 4.79 Å². The third kappa shape index (κ3) is 5.19. The van der Waals surface area contributed by atoms with Crippen LogP contribution in [0.2, 0.25) is 0 Å². The highest BCUT2D eigenvalue weighted by Gasteiger charge is 2.27. The maximum Gasteiger partial charge on any atom is 0.317 e. The van der Waals surface area contributed by atoms with Gasteiger partial charge in [0, 0.05) is 51.9 Å². The maximum absolute atomic E-state index is 12.4. The number of urea groups is 1. The van der Waals surface area contributed by atoms with Crippen LogP contribution in [0.25, 0.3) is 0 Å². The highest BCUT2D eigenvalue weighted by Crippen LogP contribution is 2.21. The van der Waals surface area contributed by atoms with Crippen LogP contribution in [-0.2, 0) is 6.54 Å². The van der Waals surface area contributed by atoms with Crippen LogP contribution in [0, 0.1) is 5.92 Å². The highest BCUT2D eigenvalue weighted by molar-refractivity contribution is 5.74. The van der Waals surface area contributed by atoms with Gasteiger partial charge in [0.2, 0.25) is 0 Å². The zero-order valence-electron chi connectivity index (χ0n) is 15.7. The Kier molecular flexibility index (Phi) is 6.32. The molecule has 1 N–H and O–H groups in total. The lowest BCUT2D eigenvalue weighted by Crippen LogP contribution is -2.53. The predicted molar refractivity (Wildman–Crippen MR) is 102 cm³/mol. The molecule has 0 aromatic heterocycles. The van der Waals surface area contributed by atoms with E-state index in [1.165, 1.54) is 26.2 Å². The van der Waals surface area contributed by atoms with Crippen molar-refractivity contribution in [3.05, 3.63) is 35.9 Å². The Balaban J connectivity index is 1.38. The molecule has 1 atom stereocenters. The minimum atomic E-state index is 0.0790. The fraction of sp³-hybridized carbons (Fsp3) is 0.650. The molecule has 2 amide bonds. The maximum atomic E-state index is 12.4. The number of piperazine rings is 1. The summed E-state index contributed by atoms with van der Waals surface area (Å²) in [7, 11) is 2.21. The number of likely N-dealkylation sites (N-methyl/N-ethyl adjacent to an activating group) is 1. The van der Waals surface area contributed by atoms with Crippen molar-refractivity contribution in [2.45, 2.75) is 32.4 Å². The minimum absolute atomic E-state index is 0.0790. The van der Waals surface area contributed by atoms with Gasteiger partial charge in [-0.3, -0.25) is 4.90 Å². The van der Waals surface area contributed by atoms with E-state index in [-0.39, 0.29) is 6.03 Å². The van der Waals surface area contributed by atoms with Crippen molar-refractivity contribution in [3.8, 4) is 0 Å². The number of nitrogens with zero attached hydrogens (tertiary/aromatic N) is 3. The first-order chi connectivity index (χ1) is 12.1. The molecule has 5 nitrogen and oxygen atoms in total. The van der Waals surface area contributed by atoms with Gasteiger partial charge in [0.05, 0.1) is 0 Å². The molecular formula is C20H32N4O. The number of hydrogen-bond acceptors (Lipinski definition) is 3. The molecule has 0 radical (unpaired) electrons. The van der Waals surface area contributed by atoms with E-state index in [9.17, 15) is 4.79 Å². The summed E-state index contributed by atoms with van der Waals surface area (Å²) in [6.07, 6.45) is 2.25. The smallest absolute Gasteiger partial charge is 0.317 e. The number of nitrogens with one attached hydrogen (secondary N) is 1. The van der Waals surface area contributed by atoms with Crippen LogP contribution in [0.3, 0.4) is 0 Å². The van der Waals surface area contributed by atoms with Crippen LogP contribution in [0.4, 0.5) is 4.79 Å². The fourth-order valence-electron chi connectivity index (χ4n) is 3.98. The summed E-state index contributed by atoms with van der Waals surface area (Å²) < 4.78 is 0. The van der Waals surface area contributed by atoms with Crippen molar-refractivity contribution < 1.29 is 4.79 Å². The molecule has 0 spiro atoms. The molecule has 25 heavy (non-hydrogen) atoms. The lowest BCUT2D eigenvalue weighted by molar-refractivity contribution is 0.0712. The second-order valence-electron chi connectivity index (χ2n) is 7.68. The molecule has 2 saturated heterocycles. The van der Waals surface area contributed by atoms with Gasteiger partial charge in [0.15, 0.2) is 0 Å². The molecule has 138 valence electrons. The van der Waals surface area contributed by atoms with Crippen molar-refractivity contribution in [1.29, 1.82) is 0 Å². The van der Waals surface area contributed by atoms with Crippen LogP contribution in [0.15, 0.2) is 30.3 Å². The molecule has 0 saturated carbocycles. The van der Waals surface area contributed by atoms with Gasteiger partial charge < -0.3 is 15.1 Å². The summed E-state index contributed by atoms with van der Waals surface area (Å²) in [5, 5.41) is 3.05. The number of rotatable bonds is 4. The fourth-order valence-corrected chi connectivity index (χ4v) is 3.98. The molecule has 0 bridgehead atoms. The lowest BCUT2D eigenvalue weighted by Gasteiger charge is -2.41. The van der Waals surface area contributed by atoms with E-state index in [1.54, 1.807) is 0 Å². The van der Waals surface area contributed by atoms with Gasteiger partial charge in [0.25, 0.3) is 0 Å². The zero-order valence-corrected chi connectivity index (χ0v) is 15.7. The minimum Gasteiger partial charge on any atom is -0.334 e. The van der Waals surface area contributed by atoms with Gasteiger partial charge in [-0.2, -0.15) is 0 Å². The molecule has 2 aliphatic rings. The number of carbonyl (C=O) groups excluding carboxylic acids is 1. The number of piperidine rings is 1. The van der Waals surface area contributed by atoms with Gasteiger partial charge in [-0.1, -0.05) is 30.3 Å². The van der Waals surface area contributed by atoms with Crippen LogP contribution < -0.4 is 5.32 Å². The molecule has 2 aliphatic heterocycles. The van der Waals surface area contributed by atoms with E-state index in [1.807, 2.05) is 35.2 Å². The first-order valence-electron chi connectivity index (χ1n) is 9.61. The summed E-state index contributed by atoms with van der Waals surface area (Å²) in [6, 6.07) is 10.8. The van der Waals surface area contributed by atoms with Crippen molar-refractivity contribution in [2.75, 3.05) is 46.3 Å². The quantitative estimate of drug-likeness (QED) is 0.910. The van der Waals surface area contributed by atoms with Crippen LogP contribution >= 0.6 is 0 Å². The second kappa shape index (κ2) is 8.68. The molecule has 1 aromatic carbocycles. The summed E-state index contributed by atoms with van der Waals surface area (Å²) in [5.74, 6) is 0.726. The molecule has 5 heteroatoms. The van der Waals surface area contributed by atoms with E-state index in [2.05, 4.69) is 29.1 Å². The van der Waals surface area contributed by atoms with Crippen molar-refractivity contribution in [3.63, 3.8) is 0 Å². The van der Waals surface area contributed by atoms with E-state index < -0.39 is 0 Å². The average molecular weight is 345 g/mol. The number of carbonyl (C=O) groups is 1. The topological polar surface area (TPSA) is 38.8 Å². The van der Waals surface area contributed by atoms with Crippen molar-refractivity contribution in [2.24, 2.45) is 5.92 Å². The summed E-state index contributed by atoms with van der Waals surface area (Å²) in [5.41, 5.74) is 1.15. The Morgan fingerprint density at radius 3 is 2.52 bits per heavy atom. The number of likely N-dealkylation sites (tertiary alicyclic amines) is 1. The number of benzene rings is 1. The van der Waals surface area contributed by atoms with E-state index in [0.717, 1.165) is 37.4 Å². The monoisotopic (exact) mass is 344 g/mol. The number of hydrogen-bond donors (Lipinski definition) is 1. The highest BCUT2D eigenvalue weighted by atomic mass is 16.2. The van der Waals surface area contributed by atoms with Gasteiger partial charge in [-0.15, -0.1) is 0 Å². The van der Waals surface area contributed by atoms with Crippen LogP contribution in [0.5, 0.6) is 0 Å². The Labute approximate surface area is 152 Å². The van der Waals surface area contributed by atoms with Gasteiger partial charge >= 0.3 is 6.03 Å². The molecule has 2 fully saturated rings. The Bertz CT molecular complexity index is 542. The van der Waals surface area contributed by atoms with E-state index in [0.29, 0.717) is 12.6 Å². The van der Waals surface area contributed by atoms with Crippen LogP contribution in [0.1, 0.15) is 25.3 Å². The first kappa shape index (κ1) is 18.2. The molecular weight excluding hydrogens is 312 g/mol. The van der Waals surface area contributed by atoms with Gasteiger partial charge in [0.1, 0.15) is 0 Å². The third-order valence-corrected chi connectivity index (χ3v) is 5.65. The van der Waals surface area contributed by atoms with Crippen molar-refractivity contribution >= 4 is 6.03 Å². The molecule has 0 aliphatic carbocycles. The predicted octanol–water partition coefficient (Wildman–Crippen LogP) is 2.24. The molecule has 0 unspecified atom stereocenters. The first-order valence-corrected chi connectivity index (χ1v) is 9.61. The largest absolute Gasteiger partial charge is 0.334 e. The Hall–Kier alpha value is -1.59. The van der Waals surface area contributed by atoms with Crippen LogP contribution in [-0.4, -0.2) is 73.1 Å².